The Hall–Kier alpha value is -1.78. The number of aliphatic hydroxyl groups excluding tert-OH is 1. The van der Waals surface area contributed by atoms with Crippen molar-refractivity contribution in [1.82, 2.24) is 10.2 Å². The summed E-state index contributed by atoms with van der Waals surface area (Å²) >= 11 is 5.37. The maximum atomic E-state index is 14.0. The summed E-state index contributed by atoms with van der Waals surface area (Å²) in [5.74, 6) is -1.09. The Morgan fingerprint density at radius 1 is 1.25 bits per heavy atom. The average Bonchev–Trinajstić information content (AvgIpc) is 3.45. The molecule has 198 valence electrons. The summed E-state index contributed by atoms with van der Waals surface area (Å²) in [6.07, 6.45) is 2.95. The Kier molecular flexibility index (Phi) is 8.56. The molecule has 7 atom stereocenters. The van der Waals surface area contributed by atoms with Gasteiger partial charge in [-0.2, -0.15) is 0 Å². The van der Waals surface area contributed by atoms with Crippen LogP contribution in [0.2, 0.25) is 0 Å². The van der Waals surface area contributed by atoms with E-state index >= 15 is 0 Å². The minimum absolute atomic E-state index is 0.00252. The van der Waals surface area contributed by atoms with Crippen molar-refractivity contribution in [3.8, 4) is 5.75 Å². The number of thioether (sulfide) groups is 1. The Bertz CT molecular complexity index is 975. The van der Waals surface area contributed by atoms with Crippen LogP contribution in [0.3, 0.4) is 0 Å². The molecular formula is C26H36BrN3O5S. The number of anilines is 1. The zero-order valence-electron chi connectivity index (χ0n) is 21.0. The third-order valence-electron chi connectivity index (χ3n) is 7.62. The number of alkyl halides is 1. The van der Waals surface area contributed by atoms with Crippen LogP contribution in [0.1, 0.15) is 46.5 Å². The van der Waals surface area contributed by atoms with Crippen LogP contribution in [0.4, 0.5) is 5.69 Å². The summed E-state index contributed by atoms with van der Waals surface area (Å²) in [5.41, 5.74) is 0.634. The van der Waals surface area contributed by atoms with Crippen molar-refractivity contribution < 1.29 is 24.2 Å². The second-order valence-electron chi connectivity index (χ2n) is 9.74. The zero-order valence-corrected chi connectivity index (χ0v) is 23.4. The van der Waals surface area contributed by atoms with E-state index in [-0.39, 0.29) is 34.4 Å². The summed E-state index contributed by atoms with van der Waals surface area (Å²) in [7, 11) is 0. The molecule has 8 nitrogen and oxygen atoms in total. The first kappa shape index (κ1) is 27.3. The number of nitrogens with one attached hydrogen (secondary N) is 2. The van der Waals surface area contributed by atoms with Crippen molar-refractivity contribution in [2.45, 2.75) is 73.4 Å². The second kappa shape index (κ2) is 11.3. The number of fused-ring (bicyclic) bond motifs is 1. The van der Waals surface area contributed by atoms with E-state index in [1.165, 1.54) is 0 Å². The number of aliphatic hydroxyl groups is 1. The molecule has 10 heteroatoms. The monoisotopic (exact) mass is 581 g/mol. The van der Waals surface area contributed by atoms with Crippen LogP contribution < -0.4 is 15.4 Å². The molecule has 2 bridgehead atoms. The molecule has 1 aromatic rings. The number of rotatable bonds is 11. The van der Waals surface area contributed by atoms with Gasteiger partial charge in [-0.15, -0.1) is 11.8 Å². The lowest BCUT2D eigenvalue weighted by Gasteiger charge is -2.37. The Balaban J connectivity index is 1.65. The van der Waals surface area contributed by atoms with Gasteiger partial charge in [0.1, 0.15) is 11.8 Å². The van der Waals surface area contributed by atoms with Gasteiger partial charge in [0.05, 0.1) is 35.8 Å². The Labute approximate surface area is 225 Å². The van der Waals surface area contributed by atoms with E-state index in [0.29, 0.717) is 31.7 Å². The maximum Gasteiger partial charge on any atom is 0.244 e. The second-order valence-corrected chi connectivity index (χ2v) is 12.5. The fourth-order valence-electron chi connectivity index (χ4n) is 5.99. The number of ether oxygens (including phenoxy) is 1. The highest BCUT2D eigenvalue weighted by Crippen LogP contribution is 2.68. The average molecular weight is 583 g/mol. The molecule has 36 heavy (non-hydrogen) atoms. The smallest absolute Gasteiger partial charge is 0.244 e. The van der Waals surface area contributed by atoms with E-state index in [1.807, 2.05) is 13.8 Å². The van der Waals surface area contributed by atoms with Gasteiger partial charge in [0.2, 0.25) is 17.7 Å². The Morgan fingerprint density at radius 3 is 2.58 bits per heavy atom. The van der Waals surface area contributed by atoms with Crippen LogP contribution in [0.5, 0.6) is 5.75 Å². The van der Waals surface area contributed by atoms with E-state index in [2.05, 4.69) is 33.5 Å². The van der Waals surface area contributed by atoms with E-state index in [9.17, 15) is 19.5 Å². The number of likely N-dealkylation sites (tertiary alicyclic amines) is 1. The summed E-state index contributed by atoms with van der Waals surface area (Å²) in [4.78, 5) is 42.8. The van der Waals surface area contributed by atoms with Gasteiger partial charge in [-0.05, 0) is 50.5 Å². The molecule has 3 saturated heterocycles. The third-order valence-corrected chi connectivity index (χ3v) is 10.8. The highest BCUT2D eigenvalue weighted by Gasteiger charge is 2.76. The summed E-state index contributed by atoms with van der Waals surface area (Å²) in [5, 5.41) is 16.0. The number of halogens is 1. The number of nitrogens with zero attached hydrogens (tertiary/aromatic N) is 1. The van der Waals surface area contributed by atoms with E-state index in [4.69, 9.17) is 4.74 Å². The predicted molar refractivity (Wildman–Crippen MR) is 144 cm³/mol. The van der Waals surface area contributed by atoms with Gasteiger partial charge in [0.15, 0.2) is 0 Å². The van der Waals surface area contributed by atoms with Gasteiger partial charge in [0, 0.05) is 22.3 Å². The molecule has 0 aromatic heterocycles. The number of amides is 3. The van der Waals surface area contributed by atoms with Crippen molar-refractivity contribution in [3.63, 3.8) is 0 Å². The first-order valence-electron chi connectivity index (χ1n) is 12.9. The lowest BCUT2D eigenvalue weighted by Crippen LogP contribution is -2.57. The van der Waals surface area contributed by atoms with Crippen LogP contribution in [-0.2, 0) is 14.4 Å². The van der Waals surface area contributed by atoms with Crippen molar-refractivity contribution >= 4 is 51.1 Å². The number of carbonyl (C=O) groups is 3. The largest absolute Gasteiger partial charge is 0.494 e. The van der Waals surface area contributed by atoms with Crippen LogP contribution in [0.25, 0.3) is 0 Å². The van der Waals surface area contributed by atoms with Crippen LogP contribution >= 0.6 is 27.7 Å². The molecule has 0 aliphatic carbocycles. The van der Waals surface area contributed by atoms with Gasteiger partial charge < -0.3 is 25.4 Å². The molecule has 3 fully saturated rings. The topological polar surface area (TPSA) is 108 Å². The molecule has 3 heterocycles. The lowest BCUT2D eigenvalue weighted by molar-refractivity contribution is -0.142. The summed E-state index contributed by atoms with van der Waals surface area (Å²) < 4.78 is 4.77. The quantitative estimate of drug-likeness (QED) is 0.273. The molecule has 3 aliphatic heterocycles. The van der Waals surface area contributed by atoms with Gasteiger partial charge in [-0.3, -0.25) is 14.4 Å². The predicted octanol–water partition coefficient (Wildman–Crippen LogP) is 3.18. The van der Waals surface area contributed by atoms with E-state index in [1.54, 1.807) is 40.9 Å². The molecule has 3 amide bonds. The molecule has 0 saturated carbocycles. The first-order valence-corrected chi connectivity index (χ1v) is 14.7. The van der Waals surface area contributed by atoms with Gasteiger partial charge in [-0.25, -0.2) is 0 Å². The molecule has 3 N–H and O–H groups in total. The zero-order chi connectivity index (χ0) is 26.0. The summed E-state index contributed by atoms with van der Waals surface area (Å²) in [6.45, 7) is 6.74. The minimum atomic E-state index is -0.720. The number of carbonyl (C=O) groups excluding carboxylic acids is 3. The molecule has 0 radical (unpaired) electrons. The highest BCUT2D eigenvalue weighted by atomic mass is 79.9. The van der Waals surface area contributed by atoms with Crippen LogP contribution in [-0.4, -0.2) is 74.4 Å². The highest BCUT2D eigenvalue weighted by molar-refractivity contribution is 9.09. The van der Waals surface area contributed by atoms with Crippen molar-refractivity contribution in [3.05, 3.63) is 24.3 Å². The van der Waals surface area contributed by atoms with E-state index < -0.39 is 28.7 Å². The molecule has 4 rings (SSSR count). The van der Waals surface area contributed by atoms with Crippen LogP contribution in [0.15, 0.2) is 24.3 Å². The SMILES string of the molecule is CCCCNC(=O)C1N([C@@H](CC)CO)C(=O)[C@@H]2[C@H](C(=O)Nc3ccc(OCC)cc3)[C@H]3SC12CC3Br. The lowest BCUT2D eigenvalue weighted by atomic mass is 9.70. The fraction of sp³-hybridized carbons (Fsp3) is 0.654. The van der Waals surface area contributed by atoms with Gasteiger partial charge >= 0.3 is 0 Å². The minimum Gasteiger partial charge on any atom is -0.494 e. The molecule has 1 spiro atoms. The molecule has 3 aliphatic rings. The number of hydrogen-bond acceptors (Lipinski definition) is 6. The van der Waals surface area contributed by atoms with E-state index in [0.717, 1.165) is 18.6 Å². The summed E-state index contributed by atoms with van der Waals surface area (Å²) in [6, 6.07) is 5.99. The number of hydrogen-bond donors (Lipinski definition) is 3. The van der Waals surface area contributed by atoms with Gasteiger partial charge in [0.25, 0.3) is 0 Å². The van der Waals surface area contributed by atoms with Crippen molar-refractivity contribution in [2.24, 2.45) is 11.8 Å². The van der Waals surface area contributed by atoms with Crippen molar-refractivity contribution in [1.29, 1.82) is 0 Å². The third kappa shape index (κ3) is 4.65. The number of benzene rings is 1. The fourth-order valence-corrected chi connectivity index (χ4v) is 9.59. The van der Waals surface area contributed by atoms with Crippen LogP contribution in [0, 0.1) is 11.8 Å². The normalized spacial score (nSPS) is 31.3. The first-order chi connectivity index (χ1) is 17.3. The molecular weight excluding hydrogens is 546 g/mol. The standard InChI is InChI=1S/C26H36BrN3O5S/c1-4-7-12-28-24(33)22-26-13-18(27)21(36-26)19(20(26)25(34)30(22)16(5-2)14-31)23(32)29-15-8-10-17(11-9-15)35-6-3/h8-11,16,18-22,31H,4-7,12-14H2,1-3H3,(H,28,33)(H,29,32)/t16-,18?,19-,20-,21-,22?,26?/m0/s1. The molecule has 1 aromatic carbocycles. The van der Waals surface area contributed by atoms with Crippen molar-refractivity contribution in [2.75, 3.05) is 25.1 Å². The molecule has 3 unspecified atom stereocenters. The maximum absolute atomic E-state index is 14.0. The van der Waals surface area contributed by atoms with Gasteiger partial charge in [-0.1, -0.05) is 36.2 Å². The Morgan fingerprint density at radius 2 is 1.97 bits per heavy atom. The number of unbranched alkanes of at least 4 members (excludes halogenated alkanes) is 1.